The van der Waals surface area contributed by atoms with Gasteiger partial charge in [-0.15, -0.1) is 0 Å². The molecule has 156 valence electrons. The first-order valence-corrected chi connectivity index (χ1v) is 10.9. The third kappa shape index (κ3) is 4.54. The summed E-state index contributed by atoms with van der Waals surface area (Å²) in [5.74, 6) is 0.634. The first-order valence-electron chi connectivity index (χ1n) is 10.9. The Kier molecular flexibility index (Phi) is 6.31. The second kappa shape index (κ2) is 9.09. The van der Waals surface area contributed by atoms with E-state index in [0.29, 0.717) is 17.7 Å². The van der Waals surface area contributed by atoms with Gasteiger partial charge in [0.1, 0.15) is 0 Å². The van der Waals surface area contributed by atoms with Gasteiger partial charge in [0.2, 0.25) is 0 Å². The Labute approximate surface area is 173 Å². The van der Waals surface area contributed by atoms with E-state index >= 15 is 0 Å². The monoisotopic (exact) mass is 395 g/mol. The number of carbonyl (C=O) groups excluding carboxylic acids is 1. The maximum Gasteiger partial charge on any atom is 0.271 e. The zero-order valence-corrected chi connectivity index (χ0v) is 17.7. The van der Waals surface area contributed by atoms with E-state index in [4.69, 9.17) is 0 Å². The van der Waals surface area contributed by atoms with Gasteiger partial charge in [-0.1, -0.05) is 30.3 Å². The smallest absolute Gasteiger partial charge is 0.271 e. The quantitative estimate of drug-likeness (QED) is 0.786. The molecule has 2 N–H and O–H groups in total. The lowest BCUT2D eigenvalue weighted by atomic mass is 9.89. The molecule has 0 spiro atoms. The molecule has 1 aromatic carbocycles. The number of fused-ring (bicyclic) bond motifs is 1. The maximum atomic E-state index is 12.1. The molecule has 1 aromatic heterocycles. The van der Waals surface area contributed by atoms with Gasteiger partial charge in [-0.3, -0.25) is 9.48 Å². The lowest BCUT2D eigenvalue weighted by Crippen LogP contribution is -2.42. The number of aryl methyl sites for hydroxylation is 1. The summed E-state index contributed by atoms with van der Waals surface area (Å²) in [6.07, 6.45) is 5.48. The van der Waals surface area contributed by atoms with Crippen LogP contribution in [0.4, 0.5) is 0 Å². The Morgan fingerprint density at radius 2 is 1.93 bits per heavy atom. The molecule has 0 radical (unpaired) electrons. The number of nitrogens with zero attached hydrogens (tertiary/aromatic N) is 3. The van der Waals surface area contributed by atoms with Crippen LogP contribution in [0.25, 0.3) is 0 Å². The van der Waals surface area contributed by atoms with Gasteiger partial charge in [0.05, 0.1) is 0 Å². The van der Waals surface area contributed by atoms with E-state index in [0.717, 1.165) is 37.9 Å². The molecule has 0 unspecified atom stereocenters. The van der Waals surface area contributed by atoms with Crippen molar-refractivity contribution in [2.75, 3.05) is 33.2 Å². The fraction of sp³-hybridized carbons (Fsp3) is 0.565. The summed E-state index contributed by atoms with van der Waals surface area (Å²) in [5, 5.41) is 10.9. The summed E-state index contributed by atoms with van der Waals surface area (Å²) < 4.78 is 1.88. The Bertz CT molecular complexity index is 823. The molecule has 1 saturated heterocycles. The lowest BCUT2D eigenvalue weighted by Gasteiger charge is -2.33. The highest BCUT2D eigenvalue weighted by atomic mass is 16.1. The van der Waals surface area contributed by atoms with Gasteiger partial charge in [-0.05, 0) is 56.7 Å². The number of aromatic nitrogens is 2. The first kappa shape index (κ1) is 20.1. The van der Waals surface area contributed by atoms with E-state index in [1.807, 2.05) is 11.7 Å². The molecule has 6 nitrogen and oxygen atoms in total. The van der Waals surface area contributed by atoms with Crippen LogP contribution in [0.3, 0.4) is 0 Å². The van der Waals surface area contributed by atoms with E-state index in [1.54, 1.807) is 7.05 Å². The van der Waals surface area contributed by atoms with Gasteiger partial charge >= 0.3 is 0 Å². The van der Waals surface area contributed by atoms with E-state index in [-0.39, 0.29) is 5.91 Å². The summed E-state index contributed by atoms with van der Waals surface area (Å²) in [7, 11) is 3.61. The van der Waals surface area contributed by atoms with Crippen molar-refractivity contribution in [1.82, 2.24) is 25.3 Å². The standard InChI is InChI=1S/C23H33N5O/c1-24-23(29)22-20-16-19(8-9-21(20)27(2)26-22)25-12-15-28-13-10-18(11-14-28)17-6-4-3-5-7-17/h3-7,18-19,25H,8-16H2,1-2H3,(H,24,29)/t19-/m0/s1. The number of amides is 1. The minimum atomic E-state index is -0.0798. The van der Waals surface area contributed by atoms with Gasteiger partial charge in [-0.2, -0.15) is 5.10 Å². The topological polar surface area (TPSA) is 62.2 Å². The van der Waals surface area contributed by atoms with E-state index in [1.165, 1.54) is 37.2 Å². The molecule has 0 saturated carbocycles. The fourth-order valence-electron chi connectivity index (χ4n) is 4.91. The molecule has 29 heavy (non-hydrogen) atoms. The van der Waals surface area contributed by atoms with Gasteiger partial charge in [0, 0.05) is 44.5 Å². The minimum absolute atomic E-state index is 0.0798. The van der Waals surface area contributed by atoms with Crippen molar-refractivity contribution >= 4 is 5.91 Å². The molecule has 1 atom stereocenters. The van der Waals surface area contributed by atoms with Crippen LogP contribution in [0, 0.1) is 0 Å². The number of likely N-dealkylation sites (tertiary alicyclic amines) is 1. The molecular formula is C23H33N5O. The Morgan fingerprint density at radius 3 is 2.66 bits per heavy atom. The molecule has 4 rings (SSSR count). The van der Waals surface area contributed by atoms with Crippen LogP contribution >= 0.6 is 0 Å². The third-order valence-electron chi connectivity index (χ3n) is 6.62. The number of carbonyl (C=O) groups is 1. The van der Waals surface area contributed by atoms with Crippen molar-refractivity contribution in [2.45, 2.75) is 44.1 Å². The number of piperidine rings is 1. The SMILES string of the molecule is CNC(=O)c1nn(C)c2c1C[C@@H](NCCN1CCC(c3ccccc3)CC1)CC2. The molecule has 1 fully saturated rings. The highest BCUT2D eigenvalue weighted by Gasteiger charge is 2.28. The number of benzene rings is 1. The number of hydrogen-bond donors (Lipinski definition) is 2. The second-order valence-corrected chi connectivity index (χ2v) is 8.40. The van der Waals surface area contributed by atoms with Gasteiger partial charge < -0.3 is 15.5 Å². The summed E-state index contributed by atoms with van der Waals surface area (Å²) in [5.41, 5.74) is 4.43. The fourth-order valence-corrected chi connectivity index (χ4v) is 4.91. The van der Waals surface area contributed by atoms with E-state index in [9.17, 15) is 4.79 Å². The van der Waals surface area contributed by atoms with E-state index in [2.05, 4.69) is 51.0 Å². The Hall–Kier alpha value is -2.18. The van der Waals surface area contributed by atoms with Crippen molar-refractivity contribution in [2.24, 2.45) is 7.05 Å². The summed E-state index contributed by atoms with van der Waals surface area (Å²) in [6, 6.07) is 11.4. The highest BCUT2D eigenvalue weighted by Crippen LogP contribution is 2.28. The van der Waals surface area contributed by atoms with E-state index < -0.39 is 0 Å². The van der Waals surface area contributed by atoms with Crippen molar-refractivity contribution < 1.29 is 4.79 Å². The molecule has 1 aliphatic heterocycles. The molecule has 2 aromatic rings. The summed E-state index contributed by atoms with van der Waals surface area (Å²) in [4.78, 5) is 14.7. The zero-order chi connectivity index (χ0) is 20.2. The average molecular weight is 396 g/mol. The number of hydrogen-bond acceptors (Lipinski definition) is 4. The van der Waals surface area contributed by atoms with Crippen LogP contribution in [-0.4, -0.2) is 59.9 Å². The highest BCUT2D eigenvalue weighted by molar-refractivity contribution is 5.93. The van der Waals surface area contributed by atoms with Crippen molar-refractivity contribution in [3.05, 3.63) is 52.8 Å². The van der Waals surface area contributed by atoms with Crippen LogP contribution < -0.4 is 10.6 Å². The predicted molar refractivity (Wildman–Crippen MR) is 115 cm³/mol. The molecule has 1 amide bonds. The third-order valence-corrected chi connectivity index (χ3v) is 6.62. The van der Waals surface area contributed by atoms with Crippen LogP contribution in [0.2, 0.25) is 0 Å². The van der Waals surface area contributed by atoms with Gasteiger partial charge in [-0.25, -0.2) is 0 Å². The molecule has 0 bridgehead atoms. The lowest BCUT2D eigenvalue weighted by molar-refractivity contribution is 0.0956. The Balaban J connectivity index is 1.24. The first-order chi connectivity index (χ1) is 14.2. The van der Waals surface area contributed by atoms with Crippen molar-refractivity contribution in [3.8, 4) is 0 Å². The zero-order valence-electron chi connectivity index (χ0n) is 17.7. The van der Waals surface area contributed by atoms with Crippen LogP contribution in [0.5, 0.6) is 0 Å². The molecule has 6 heteroatoms. The van der Waals surface area contributed by atoms with Crippen molar-refractivity contribution in [1.29, 1.82) is 0 Å². The summed E-state index contributed by atoms with van der Waals surface area (Å²) in [6.45, 7) is 4.46. The van der Waals surface area contributed by atoms with Crippen LogP contribution in [0.1, 0.15) is 52.5 Å². The number of rotatable bonds is 6. The Morgan fingerprint density at radius 1 is 1.17 bits per heavy atom. The van der Waals surface area contributed by atoms with Crippen LogP contribution in [0.15, 0.2) is 30.3 Å². The average Bonchev–Trinajstić information content (AvgIpc) is 3.10. The predicted octanol–water partition coefficient (Wildman–Crippen LogP) is 2.11. The minimum Gasteiger partial charge on any atom is -0.354 e. The van der Waals surface area contributed by atoms with Crippen LogP contribution in [-0.2, 0) is 19.9 Å². The normalized spacial score (nSPS) is 20.4. The summed E-state index contributed by atoms with van der Waals surface area (Å²) >= 11 is 0. The largest absolute Gasteiger partial charge is 0.354 e. The molecule has 1 aliphatic carbocycles. The van der Waals surface area contributed by atoms with Gasteiger partial charge in [0.25, 0.3) is 5.91 Å². The molecule has 2 heterocycles. The maximum absolute atomic E-state index is 12.1. The molecular weight excluding hydrogens is 362 g/mol. The second-order valence-electron chi connectivity index (χ2n) is 8.40. The van der Waals surface area contributed by atoms with Gasteiger partial charge in [0.15, 0.2) is 5.69 Å². The molecule has 2 aliphatic rings. The number of nitrogens with one attached hydrogen (secondary N) is 2. The van der Waals surface area contributed by atoms with Crippen molar-refractivity contribution in [3.63, 3.8) is 0 Å².